The molecule has 6 heteroatoms. The average Bonchev–Trinajstić information content (AvgIpc) is 2.55. The van der Waals surface area contributed by atoms with Crippen molar-refractivity contribution in [2.75, 3.05) is 44.2 Å². The van der Waals surface area contributed by atoms with Gasteiger partial charge in [-0.3, -0.25) is 9.59 Å². The number of piperazine rings is 1. The van der Waals surface area contributed by atoms with Crippen molar-refractivity contribution in [3.63, 3.8) is 0 Å². The summed E-state index contributed by atoms with van der Waals surface area (Å²) in [5, 5.41) is 2.72. The number of ether oxygens (including phenoxy) is 1. The number of hydrogen-bond acceptors (Lipinski definition) is 4. The van der Waals surface area contributed by atoms with Gasteiger partial charge < -0.3 is 19.9 Å². The van der Waals surface area contributed by atoms with E-state index in [0.29, 0.717) is 26.2 Å². The third-order valence-corrected chi connectivity index (χ3v) is 3.81. The van der Waals surface area contributed by atoms with E-state index in [1.807, 2.05) is 30.3 Å². The van der Waals surface area contributed by atoms with Gasteiger partial charge in [0, 0.05) is 25.3 Å². The summed E-state index contributed by atoms with van der Waals surface area (Å²) in [6.45, 7) is 3.01. The monoisotopic (exact) mass is 289 g/mol. The maximum Gasteiger partial charge on any atom is 0.254 e. The van der Waals surface area contributed by atoms with Crippen LogP contribution in [0.5, 0.6) is 0 Å². The van der Waals surface area contributed by atoms with E-state index in [0.717, 1.165) is 12.2 Å². The lowest BCUT2D eigenvalue weighted by molar-refractivity contribution is -0.148. The molecule has 2 heterocycles. The first-order chi connectivity index (χ1) is 10.2. The molecule has 0 radical (unpaired) electrons. The Bertz CT molecular complexity index is 520. The van der Waals surface area contributed by atoms with E-state index in [1.165, 1.54) is 0 Å². The average molecular weight is 289 g/mol. The molecule has 1 atom stereocenters. The van der Waals surface area contributed by atoms with Gasteiger partial charge in [-0.15, -0.1) is 0 Å². The topological polar surface area (TPSA) is 61.9 Å². The Morgan fingerprint density at radius 2 is 2.05 bits per heavy atom. The fourth-order valence-corrected chi connectivity index (χ4v) is 2.70. The summed E-state index contributed by atoms with van der Waals surface area (Å²) >= 11 is 0. The largest absolute Gasteiger partial charge is 0.366 e. The second-order valence-corrected chi connectivity index (χ2v) is 5.25. The molecule has 2 fully saturated rings. The van der Waals surface area contributed by atoms with Gasteiger partial charge in [0.15, 0.2) is 6.10 Å². The highest BCUT2D eigenvalue weighted by Crippen LogP contribution is 2.18. The zero-order valence-corrected chi connectivity index (χ0v) is 11.8. The van der Waals surface area contributed by atoms with Crippen LogP contribution in [0, 0.1) is 0 Å². The minimum atomic E-state index is -0.496. The van der Waals surface area contributed by atoms with E-state index in [2.05, 4.69) is 10.2 Å². The fraction of sp³-hybridized carbons (Fsp3) is 0.467. The van der Waals surface area contributed by atoms with Crippen molar-refractivity contribution in [3.8, 4) is 0 Å². The van der Waals surface area contributed by atoms with Crippen LogP contribution in [0.2, 0.25) is 0 Å². The Kier molecular flexibility index (Phi) is 4.06. The molecule has 0 aromatic heterocycles. The van der Waals surface area contributed by atoms with E-state index >= 15 is 0 Å². The standard InChI is InChI=1S/C15H19N3O3/c19-14-11-18(7-6-16-14)15(20)13-10-17(8-9-21-13)12-4-2-1-3-5-12/h1-5,13H,6-11H2,(H,16,19)/t13-/m0/s1. The van der Waals surface area contributed by atoms with Crippen molar-refractivity contribution in [1.82, 2.24) is 10.2 Å². The van der Waals surface area contributed by atoms with Crippen molar-refractivity contribution < 1.29 is 14.3 Å². The zero-order valence-electron chi connectivity index (χ0n) is 11.8. The summed E-state index contributed by atoms with van der Waals surface area (Å²) in [6, 6.07) is 9.99. The molecule has 0 saturated carbocycles. The maximum absolute atomic E-state index is 12.5. The molecular weight excluding hydrogens is 270 g/mol. The Labute approximate surface area is 123 Å². The lowest BCUT2D eigenvalue weighted by Crippen LogP contribution is -2.56. The highest BCUT2D eigenvalue weighted by Gasteiger charge is 2.32. The van der Waals surface area contributed by atoms with Crippen LogP contribution in [-0.4, -0.2) is 62.1 Å². The van der Waals surface area contributed by atoms with E-state index in [1.54, 1.807) is 4.90 Å². The van der Waals surface area contributed by atoms with Crippen molar-refractivity contribution in [3.05, 3.63) is 30.3 Å². The number of para-hydroxylation sites is 1. The number of hydrogen-bond donors (Lipinski definition) is 1. The number of morpholine rings is 1. The van der Waals surface area contributed by atoms with Gasteiger partial charge in [-0.2, -0.15) is 0 Å². The highest BCUT2D eigenvalue weighted by molar-refractivity contribution is 5.88. The number of nitrogens with zero attached hydrogens (tertiary/aromatic N) is 2. The Morgan fingerprint density at radius 1 is 1.24 bits per heavy atom. The van der Waals surface area contributed by atoms with Crippen molar-refractivity contribution in [2.24, 2.45) is 0 Å². The van der Waals surface area contributed by atoms with Crippen LogP contribution < -0.4 is 10.2 Å². The van der Waals surface area contributed by atoms with Crippen molar-refractivity contribution in [2.45, 2.75) is 6.10 Å². The number of nitrogens with one attached hydrogen (secondary N) is 1. The predicted octanol–water partition coefficient (Wildman–Crippen LogP) is -0.150. The van der Waals surface area contributed by atoms with Crippen LogP contribution in [0.15, 0.2) is 30.3 Å². The molecule has 112 valence electrons. The van der Waals surface area contributed by atoms with Crippen LogP contribution in [0.1, 0.15) is 0 Å². The third-order valence-electron chi connectivity index (χ3n) is 3.81. The molecule has 2 aliphatic heterocycles. The van der Waals surface area contributed by atoms with Crippen LogP contribution in [-0.2, 0) is 14.3 Å². The number of carbonyl (C=O) groups is 2. The molecule has 6 nitrogen and oxygen atoms in total. The number of anilines is 1. The molecule has 2 aliphatic rings. The summed E-state index contributed by atoms with van der Waals surface area (Å²) in [5.41, 5.74) is 1.09. The Hall–Kier alpha value is -2.08. The quantitative estimate of drug-likeness (QED) is 0.822. The van der Waals surface area contributed by atoms with Crippen LogP contribution in [0.25, 0.3) is 0 Å². The Morgan fingerprint density at radius 3 is 2.81 bits per heavy atom. The summed E-state index contributed by atoms with van der Waals surface area (Å²) in [4.78, 5) is 27.6. The number of carbonyl (C=O) groups excluding carboxylic acids is 2. The molecule has 1 aromatic carbocycles. The molecule has 21 heavy (non-hydrogen) atoms. The van der Waals surface area contributed by atoms with Crippen LogP contribution in [0.3, 0.4) is 0 Å². The van der Waals surface area contributed by atoms with Gasteiger partial charge in [0.2, 0.25) is 5.91 Å². The summed E-state index contributed by atoms with van der Waals surface area (Å²) in [5.74, 6) is -0.198. The van der Waals surface area contributed by atoms with Gasteiger partial charge in [-0.25, -0.2) is 0 Å². The van der Waals surface area contributed by atoms with E-state index < -0.39 is 6.10 Å². The minimum Gasteiger partial charge on any atom is -0.366 e. The minimum absolute atomic E-state index is 0.0921. The van der Waals surface area contributed by atoms with E-state index in [4.69, 9.17) is 4.74 Å². The van der Waals surface area contributed by atoms with Crippen LogP contribution >= 0.6 is 0 Å². The summed E-state index contributed by atoms with van der Waals surface area (Å²) in [6.07, 6.45) is -0.496. The van der Waals surface area contributed by atoms with Crippen molar-refractivity contribution in [1.29, 1.82) is 0 Å². The summed E-state index contributed by atoms with van der Waals surface area (Å²) < 4.78 is 5.62. The van der Waals surface area contributed by atoms with Crippen molar-refractivity contribution >= 4 is 17.5 Å². The fourth-order valence-electron chi connectivity index (χ4n) is 2.70. The normalized spacial score (nSPS) is 22.9. The zero-order chi connectivity index (χ0) is 14.7. The van der Waals surface area contributed by atoms with Gasteiger partial charge in [0.25, 0.3) is 5.91 Å². The number of rotatable bonds is 2. The maximum atomic E-state index is 12.5. The Balaban J connectivity index is 1.65. The first-order valence-corrected chi connectivity index (χ1v) is 7.21. The first-order valence-electron chi connectivity index (χ1n) is 7.21. The molecule has 1 aromatic rings. The number of amides is 2. The van der Waals surface area contributed by atoms with Gasteiger partial charge in [-0.1, -0.05) is 18.2 Å². The lowest BCUT2D eigenvalue weighted by Gasteiger charge is -2.37. The third kappa shape index (κ3) is 3.16. The molecule has 0 unspecified atom stereocenters. The van der Waals surface area contributed by atoms with Gasteiger partial charge in [0.05, 0.1) is 19.7 Å². The highest BCUT2D eigenvalue weighted by atomic mass is 16.5. The molecule has 2 saturated heterocycles. The lowest BCUT2D eigenvalue weighted by atomic mass is 10.2. The smallest absolute Gasteiger partial charge is 0.254 e. The van der Waals surface area contributed by atoms with Gasteiger partial charge >= 0.3 is 0 Å². The molecule has 3 rings (SSSR count). The second-order valence-electron chi connectivity index (χ2n) is 5.25. The molecule has 0 aliphatic carbocycles. The molecule has 0 spiro atoms. The second kappa shape index (κ2) is 6.13. The first kappa shape index (κ1) is 13.9. The van der Waals surface area contributed by atoms with Gasteiger partial charge in [-0.05, 0) is 12.1 Å². The molecule has 2 amide bonds. The van der Waals surface area contributed by atoms with E-state index in [-0.39, 0.29) is 18.4 Å². The van der Waals surface area contributed by atoms with Gasteiger partial charge in [0.1, 0.15) is 0 Å². The number of benzene rings is 1. The SMILES string of the molecule is O=C1CN(C(=O)[C@@H]2CN(c3ccccc3)CCO2)CCN1. The van der Waals surface area contributed by atoms with Crippen LogP contribution in [0.4, 0.5) is 5.69 Å². The van der Waals surface area contributed by atoms with E-state index in [9.17, 15) is 9.59 Å². The predicted molar refractivity (Wildman–Crippen MR) is 78.0 cm³/mol. The molecular formula is C15H19N3O3. The summed E-state index contributed by atoms with van der Waals surface area (Å²) in [7, 11) is 0. The molecule has 1 N–H and O–H groups in total. The molecule has 0 bridgehead atoms.